The van der Waals surface area contributed by atoms with E-state index < -0.39 is 0 Å². The van der Waals surface area contributed by atoms with Crippen molar-refractivity contribution in [2.45, 2.75) is 6.92 Å². The van der Waals surface area contributed by atoms with Gasteiger partial charge >= 0.3 is 0 Å². The Balaban J connectivity index is 2.09. The van der Waals surface area contributed by atoms with E-state index in [4.69, 9.17) is 9.15 Å². The van der Waals surface area contributed by atoms with Gasteiger partial charge in [0.2, 0.25) is 0 Å². The average Bonchev–Trinajstić information content (AvgIpc) is 2.90. The first kappa shape index (κ1) is 12.5. The predicted molar refractivity (Wildman–Crippen MR) is 78.2 cm³/mol. The van der Waals surface area contributed by atoms with Gasteiger partial charge in [0.25, 0.3) is 0 Å². The number of Topliss-reactive ketones (excluding diaryl/α,β-unsaturated/α-hetero) is 1. The minimum absolute atomic E-state index is 0.0656. The lowest BCUT2D eigenvalue weighted by molar-refractivity contribution is 0.0989. The fraction of sp³-hybridized carbons (Fsp3) is 0.118. The number of ether oxygens (including phenoxy) is 1. The van der Waals surface area contributed by atoms with Crippen LogP contribution in [0.5, 0.6) is 5.75 Å². The smallest absolute Gasteiger partial charge is 0.194 e. The summed E-state index contributed by atoms with van der Waals surface area (Å²) in [4.78, 5) is 11.3. The molecule has 3 heteroatoms. The maximum Gasteiger partial charge on any atom is 0.194 e. The van der Waals surface area contributed by atoms with E-state index in [2.05, 4.69) is 0 Å². The second-order valence-electron chi connectivity index (χ2n) is 4.65. The topological polar surface area (TPSA) is 39.4 Å². The molecule has 0 N–H and O–H groups in total. The Morgan fingerprint density at radius 2 is 1.85 bits per heavy atom. The van der Waals surface area contributed by atoms with Crippen molar-refractivity contribution in [2.75, 3.05) is 7.11 Å². The van der Waals surface area contributed by atoms with Gasteiger partial charge in [-0.25, -0.2) is 0 Å². The molecular formula is C17H14O3. The second-order valence-corrected chi connectivity index (χ2v) is 4.65. The van der Waals surface area contributed by atoms with Gasteiger partial charge in [-0.1, -0.05) is 18.2 Å². The molecule has 1 heterocycles. The lowest BCUT2D eigenvalue weighted by Crippen LogP contribution is -1.85. The largest absolute Gasteiger partial charge is 0.497 e. The first-order valence-corrected chi connectivity index (χ1v) is 6.36. The van der Waals surface area contributed by atoms with Gasteiger partial charge in [-0.05, 0) is 41.5 Å². The molecule has 0 radical (unpaired) electrons. The maximum atomic E-state index is 11.3. The van der Waals surface area contributed by atoms with Gasteiger partial charge in [0.05, 0.1) is 7.11 Å². The lowest BCUT2D eigenvalue weighted by Gasteiger charge is -2.04. The van der Waals surface area contributed by atoms with Crippen LogP contribution < -0.4 is 4.74 Å². The lowest BCUT2D eigenvalue weighted by atomic mass is 10.0. The molecule has 0 spiro atoms. The zero-order chi connectivity index (χ0) is 14.1. The zero-order valence-corrected chi connectivity index (χ0v) is 11.3. The number of furan rings is 1. The van der Waals surface area contributed by atoms with Crippen LogP contribution >= 0.6 is 0 Å². The van der Waals surface area contributed by atoms with Gasteiger partial charge in [0.1, 0.15) is 11.3 Å². The molecule has 20 heavy (non-hydrogen) atoms. The first-order valence-electron chi connectivity index (χ1n) is 6.36. The van der Waals surface area contributed by atoms with Crippen LogP contribution in [0.1, 0.15) is 17.5 Å². The highest BCUT2D eigenvalue weighted by atomic mass is 16.5. The van der Waals surface area contributed by atoms with Gasteiger partial charge in [-0.2, -0.15) is 0 Å². The number of carbonyl (C=O) groups is 1. The third-order valence-corrected chi connectivity index (χ3v) is 3.27. The number of benzene rings is 2. The monoisotopic (exact) mass is 266 g/mol. The molecule has 3 nitrogen and oxygen atoms in total. The van der Waals surface area contributed by atoms with Crippen molar-refractivity contribution >= 4 is 16.8 Å². The standard InChI is InChI=1S/C17H14O3/c1-11(18)17-10-14-8-13(6-7-16(14)20-17)12-4-3-5-15(9-12)19-2/h3-10H,1-2H3. The van der Waals surface area contributed by atoms with E-state index in [0.717, 1.165) is 27.8 Å². The minimum atomic E-state index is -0.0656. The Morgan fingerprint density at radius 1 is 1.05 bits per heavy atom. The Bertz CT molecular complexity index is 784. The van der Waals surface area contributed by atoms with Crippen LogP contribution in [0.4, 0.5) is 0 Å². The fourth-order valence-corrected chi connectivity index (χ4v) is 2.20. The molecule has 0 aliphatic rings. The molecule has 3 rings (SSSR count). The number of hydrogen-bond donors (Lipinski definition) is 0. The molecule has 0 amide bonds. The van der Waals surface area contributed by atoms with Gasteiger partial charge < -0.3 is 9.15 Å². The molecule has 0 unspecified atom stereocenters. The van der Waals surface area contributed by atoms with Crippen molar-refractivity contribution < 1.29 is 13.9 Å². The van der Waals surface area contributed by atoms with Crippen molar-refractivity contribution in [3.8, 4) is 16.9 Å². The first-order chi connectivity index (χ1) is 9.67. The quantitative estimate of drug-likeness (QED) is 0.663. The van der Waals surface area contributed by atoms with E-state index in [0.29, 0.717) is 5.76 Å². The van der Waals surface area contributed by atoms with Crippen molar-refractivity contribution in [1.82, 2.24) is 0 Å². The summed E-state index contributed by atoms with van der Waals surface area (Å²) in [6.07, 6.45) is 0. The number of rotatable bonds is 3. The normalized spacial score (nSPS) is 10.7. The number of ketones is 1. The molecule has 0 aliphatic carbocycles. The predicted octanol–water partition coefficient (Wildman–Crippen LogP) is 4.31. The molecule has 0 atom stereocenters. The number of fused-ring (bicyclic) bond motifs is 1. The van der Waals surface area contributed by atoms with E-state index in [1.165, 1.54) is 6.92 Å². The summed E-state index contributed by atoms with van der Waals surface area (Å²) in [5.41, 5.74) is 2.85. The maximum absolute atomic E-state index is 11.3. The molecule has 0 saturated heterocycles. The summed E-state index contributed by atoms with van der Waals surface area (Å²) < 4.78 is 10.7. The average molecular weight is 266 g/mol. The Morgan fingerprint density at radius 3 is 2.60 bits per heavy atom. The van der Waals surface area contributed by atoms with Crippen molar-refractivity contribution in [3.63, 3.8) is 0 Å². The fourth-order valence-electron chi connectivity index (χ4n) is 2.20. The van der Waals surface area contributed by atoms with Crippen LogP contribution in [0.15, 0.2) is 52.9 Å². The van der Waals surface area contributed by atoms with E-state index in [-0.39, 0.29) is 5.78 Å². The Hall–Kier alpha value is -2.55. The van der Waals surface area contributed by atoms with Gasteiger partial charge in [0, 0.05) is 12.3 Å². The van der Waals surface area contributed by atoms with Gasteiger partial charge in [-0.3, -0.25) is 4.79 Å². The highest BCUT2D eigenvalue weighted by molar-refractivity contribution is 5.96. The highest BCUT2D eigenvalue weighted by Crippen LogP contribution is 2.28. The number of carbonyl (C=O) groups excluding carboxylic acids is 1. The molecule has 0 saturated carbocycles. The molecule has 1 aromatic heterocycles. The van der Waals surface area contributed by atoms with Crippen LogP contribution in [0, 0.1) is 0 Å². The molecule has 0 aliphatic heterocycles. The highest BCUT2D eigenvalue weighted by Gasteiger charge is 2.09. The molecule has 0 bridgehead atoms. The number of methoxy groups -OCH3 is 1. The summed E-state index contributed by atoms with van der Waals surface area (Å²) in [5, 5.41) is 0.926. The van der Waals surface area contributed by atoms with E-state index in [1.807, 2.05) is 42.5 Å². The van der Waals surface area contributed by atoms with Gasteiger partial charge in [0.15, 0.2) is 11.5 Å². The summed E-state index contributed by atoms with van der Waals surface area (Å²) in [6.45, 7) is 1.50. The van der Waals surface area contributed by atoms with Gasteiger partial charge in [-0.15, -0.1) is 0 Å². The zero-order valence-electron chi connectivity index (χ0n) is 11.3. The molecule has 0 fully saturated rings. The summed E-state index contributed by atoms with van der Waals surface area (Å²) in [6, 6.07) is 15.5. The third kappa shape index (κ3) is 2.18. The third-order valence-electron chi connectivity index (χ3n) is 3.27. The molecule has 2 aromatic carbocycles. The number of hydrogen-bond acceptors (Lipinski definition) is 3. The van der Waals surface area contributed by atoms with E-state index in [9.17, 15) is 4.79 Å². The molecule has 100 valence electrons. The summed E-state index contributed by atoms with van der Waals surface area (Å²) in [5.74, 6) is 1.14. The van der Waals surface area contributed by atoms with Crippen LogP contribution in [-0.4, -0.2) is 12.9 Å². The van der Waals surface area contributed by atoms with Crippen LogP contribution in [0.3, 0.4) is 0 Å². The van der Waals surface area contributed by atoms with Crippen LogP contribution in [-0.2, 0) is 0 Å². The second kappa shape index (κ2) is 4.85. The SMILES string of the molecule is COc1cccc(-c2ccc3oc(C(C)=O)cc3c2)c1. The summed E-state index contributed by atoms with van der Waals surface area (Å²) >= 11 is 0. The Kier molecular flexibility index (Phi) is 3.03. The summed E-state index contributed by atoms with van der Waals surface area (Å²) in [7, 11) is 1.65. The minimum Gasteiger partial charge on any atom is -0.497 e. The van der Waals surface area contributed by atoms with Crippen molar-refractivity contribution in [2.24, 2.45) is 0 Å². The van der Waals surface area contributed by atoms with Crippen LogP contribution in [0.2, 0.25) is 0 Å². The van der Waals surface area contributed by atoms with E-state index >= 15 is 0 Å². The van der Waals surface area contributed by atoms with Crippen LogP contribution in [0.25, 0.3) is 22.1 Å². The van der Waals surface area contributed by atoms with Crippen molar-refractivity contribution in [3.05, 3.63) is 54.3 Å². The molecular weight excluding hydrogens is 252 g/mol. The molecule has 3 aromatic rings. The Labute approximate surface area is 116 Å². The van der Waals surface area contributed by atoms with Crippen molar-refractivity contribution in [1.29, 1.82) is 0 Å². The van der Waals surface area contributed by atoms with E-state index in [1.54, 1.807) is 13.2 Å².